The summed E-state index contributed by atoms with van der Waals surface area (Å²) in [6.45, 7) is 4.57. The van der Waals surface area contributed by atoms with Gasteiger partial charge in [-0.2, -0.15) is 0 Å². The number of hydrogen-bond donors (Lipinski definition) is 2. The summed E-state index contributed by atoms with van der Waals surface area (Å²) >= 11 is 0. The van der Waals surface area contributed by atoms with Crippen LogP contribution in [0.5, 0.6) is 0 Å². The Bertz CT molecular complexity index is 190. The zero-order valence-corrected chi connectivity index (χ0v) is 13.0. The molecular weight excluding hydrogens is 234 g/mol. The first-order chi connectivity index (χ1) is 9.33. The van der Waals surface area contributed by atoms with E-state index in [-0.39, 0.29) is 6.10 Å². The minimum Gasteiger partial charge on any atom is -0.393 e. The Kier molecular flexibility index (Phi) is 10.5. The van der Waals surface area contributed by atoms with Crippen LogP contribution in [0.25, 0.3) is 0 Å². The van der Waals surface area contributed by atoms with Crippen LogP contribution in [0.1, 0.15) is 84.0 Å². The van der Waals surface area contributed by atoms with Crippen LogP contribution in [0.15, 0.2) is 0 Å². The summed E-state index contributed by atoms with van der Waals surface area (Å²) in [7, 11) is 0. The van der Waals surface area contributed by atoms with Crippen LogP contribution in [0.3, 0.4) is 0 Å². The van der Waals surface area contributed by atoms with Crippen LogP contribution in [0.2, 0.25) is 0 Å². The molecule has 0 amide bonds. The highest BCUT2D eigenvalue weighted by Crippen LogP contribution is 2.25. The number of unbranched alkanes of at least 4 members (excludes halogenated alkanes) is 9. The molecule has 0 atom stereocenters. The quantitative estimate of drug-likeness (QED) is 0.489. The lowest BCUT2D eigenvalue weighted by molar-refractivity contribution is 0.0431. The third-order valence-electron chi connectivity index (χ3n) is 4.35. The highest BCUT2D eigenvalue weighted by atomic mass is 16.3. The molecule has 2 heteroatoms. The number of aliphatic hydroxyl groups excluding tert-OH is 1. The number of aliphatic hydroxyl groups is 1. The van der Waals surface area contributed by atoms with Gasteiger partial charge in [0.05, 0.1) is 6.10 Å². The van der Waals surface area contributed by atoms with Crippen molar-refractivity contribution < 1.29 is 5.11 Å². The molecule has 0 unspecified atom stereocenters. The van der Waals surface area contributed by atoms with Crippen molar-refractivity contribution in [1.82, 2.24) is 5.32 Å². The van der Waals surface area contributed by atoms with Crippen molar-refractivity contribution in [3.8, 4) is 0 Å². The molecule has 1 aliphatic rings. The van der Waals surface area contributed by atoms with Crippen LogP contribution in [0.4, 0.5) is 0 Å². The summed E-state index contributed by atoms with van der Waals surface area (Å²) in [6.07, 6.45) is 16.1. The van der Waals surface area contributed by atoms with Crippen molar-refractivity contribution in [2.75, 3.05) is 13.1 Å². The Balaban J connectivity index is 1.65. The molecule has 0 heterocycles. The van der Waals surface area contributed by atoms with E-state index in [0.717, 1.165) is 25.3 Å². The Hall–Kier alpha value is -0.0800. The van der Waals surface area contributed by atoms with Crippen molar-refractivity contribution in [2.24, 2.45) is 5.92 Å². The lowest BCUT2D eigenvalue weighted by Gasteiger charge is -2.31. The first-order valence-corrected chi connectivity index (χ1v) is 8.71. The molecule has 0 spiro atoms. The number of nitrogens with one attached hydrogen (secondary N) is 1. The molecule has 0 aliphatic heterocycles. The van der Waals surface area contributed by atoms with Crippen molar-refractivity contribution >= 4 is 0 Å². The number of hydrogen-bond acceptors (Lipinski definition) is 2. The normalized spacial score (nSPS) is 22.4. The fourth-order valence-electron chi connectivity index (χ4n) is 2.91. The van der Waals surface area contributed by atoms with E-state index in [1.807, 2.05) is 0 Å². The van der Waals surface area contributed by atoms with E-state index in [9.17, 15) is 5.11 Å². The SMILES string of the molecule is CCCCCCCCCCCCNCC1CC(O)C1. The summed E-state index contributed by atoms with van der Waals surface area (Å²) in [5, 5.41) is 12.7. The molecule has 0 bridgehead atoms. The van der Waals surface area contributed by atoms with Crippen LogP contribution in [0, 0.1) is 5.92 Å². The van der Waals surface area contributed by atoms with E-state index in [1.165, 1.54) is 70.8 Å². The van der Waals surface area contributed by atoms with Gasteiger partial charge in [-0.25, -0.2) is 0 Å². The van der Waals surface area contributed by atoms with Gasteiger partial charge in [-0.1, -0.05) is 64.7 Å². The van der Waals surface area contributed by atoms with Crippen molar-refractivity contribution in [3.05, 3.63) is 0 Å². The maximum absolute atomic E-state index is 9.18. The van der Waals surface area contributed by atoms with Crippen molar-refractivity contribution in [2.45, 2.75) is 90.1 Å². The summed E-state index contributed by atoms with van der Waals surface area (Å²) in [4.78, 5) is 0. The smallest absolute Gasteiger partial charge is 0.0546 e. The molecule has 1 aliphatic carbocycles. The van der Waals surface area contributed by atoms with Gasteiger partial charge in [-0.15, -0.1) is 0 Å². The van der Waals surface area contributed by atoms with Crippen LogP contribution in [-0.2, 0) is 0 Å². The molecule has 114 valence electrons. The zero-order chi connectivity index (χ0) is 13.8. The molecular formula is C17H35NO. The lowest BCUT2D eigenvalue weighted by Crippen LogP contribution is -2.36. The highest BCUT2D eigenvalue weighted by Gasteiger charge is 2.26. The van der Waals surface area contributed by atoms with E-state index in [4.69, 9.17) is 0 Å². The molecule has 0 radical (unpaired) electrons. The summed E-state index contributed by atoms with van der Waals surface area (Å²) in [5.41, 5.74) is 0. The third kappa shape index (κ3) is 9.45. The van der Waals surface area contributed by atoms with Crippen molar-refractivity contribution in [3.63, 3.8) is 0 Å². The largest absolute Gasteiger partial charge is 0.393 e. The number of rotatable bonds is 13. The van der Waals surface area contributed by atoms with Gasteiger partial charge in [0, 0.05) is 0 Å². The second-order valence-corrected chi connectivity index (χ2v) is 6.38. The molecule has 19 heavy (non-hydrogen) atoms. The van der Waals surface area contributed by atoms with Gasteiger partial charge < -0.3 is 10.4 Å². The predicted molar refractivity (Wildman–Crippen MR) is 83.4 cm³/mol. The van der Waals surface area contributed by atoms with Gasteiger partial charge in [0.2, 0.25) is 0 Å². The Morgan fingerprint density at radius 3 is 1.89 bits per heavy atom. The van der Waals surface area contributed by atoms with Crippen LogP contribution in [-0.4, -0.2) is 24.3 Å². The molecule has 2 N–H and O–H groups in total. The van der Waals surface area contributed by atoms with Gasteiger partial charge >= 0.3 is 0 Å². The Labute approximate surface area is 120 Å². The molecule has 0 aromatic rings. The van der Waals surface area contributed by atoms with E-state index in [1.54, 1.807) is 0 Å². The molecule has 1 fully saturated rings. The molecule has 1 saturated carbocycles. The maximum Gasteiger partial charge on any atom is 0.0546 e. The fraction of sp³-hybridized carbons (Fsp3) is 1.00. The second-order valence-electron chi connectivity index (χ2n) is 6.38. The van der Waals surface area contributed by atoms with E-state index in [0.29, 0.717) is 0 Å². The minimum atomic E-state index is 0.00382. The van der Waals surface area contributed by atoms with Crippen LogP contribution < -0.4 is 5.32 Å². The first-order valence-electron chi connectivity index (χ1n) is 8.71. The second kappa shape index (κ2) is 11.7. The van der Waals surface area contributed by atoms with Gasteiger partial charge in [0.15, 0.2) is 0 Å². The molecule has 1 rings (SSSR count). The van der Waals surface area contributed by atoms with E-state index >= 15 is 0 Å². The third-order valence-corrected chi connectivity index (χ3v) is 4.35. The summed E-state index contributed by atoms with van der Waals surface area (Å²) in [5.74, 6) is 0.748. The molecule has 2 nitrogen and oxygen atoms in total. The van der Waals surface area contributed by atoms with Gasteiger partial charge in [0.25, 0.3) is 0 Å². The van der Waals surface area contributed by atoms with Gasteiger partial charge in [-0.3, -0.25) is 0 Å². The predicted octanol–water partition coefficient (Wildman–Crippen LogP) is 4.27. The van der Waals surface area contributed by atoms with Gasteiger partial charge in [0.1, 0.15) is 0 Å². The first kappa shape index (κ1) is 17.0. The Morgan fingerprint density at radius 2 is 1.37 bits per heavy atom. The van der Waals surface area contributed by atoms with Gasteiger partial charge in [-0.05, 0) is 38.3 Å². The standard InChI is InChI=1S/C17H35NO/c1-2-3-4-5-6-7-8-9-10-11-12-18-15-16-13-17(19)14-16/h16-19H,2-15H2,1H3. The fourth-order valence-corrected chi connectivity index (χ4v) is 2.91. The Morgan fingerprint density at radius 1 is 0.842 bits per heavy atom. The topological polar surface area (TPSA) is 32.3 Å². The minimum absolute atomic E-state index is 0.00382. The van der Waals surface area contributed by atoms with Crippen LogP contribution >= 0.6 is 0 Å². The molecule has 0 saturated heterocycles. The highest BCUT2D eigenvalue weighted by molar-refractivity contribution is 4.79. The average molecular weight is 269 g/mol. The molecule has 0 aromatic carbocycles. The lowest BCUT2D eigenvalue weighted by atomic mass is 9.82. The monoisotopic (exact) mass is 269 g/mol. The van der Waals surface area contributed by atoms with E-state index in [2.05, 4.69) is 12.2 Å². The average Bonchev–Trinajstić information content (AvgIpc) is 2.37. The van der Waals surface area contributed by atoms with E-state index < -0.39 is 0 Å². The molecule has 0 aromatic heterocycles. The zero-order valence-electron chi connectivity index (χ0n) is 13.0. The van der Waals surface area contributed by atoms with Crippen molar-refractivity contribution in [1.29, 1.82) is 0 Å². The maximum atomic E-state index is 9.18. The summed E-state index contributed by atoms with van der Waals surface area (Å²) < 4.78 is 0. The summed E-state index contributed by atoms with van der Waals surface area (Å²) in [6, 6.07) is 0.